The summed E-state index contributed by atoms with van der Waals surface area (Å²) in [6, 6.07) is 0. The fraction of sp³-hybridized carbons (Fsp3) is 0.625. The van der Waals surface area contributed by atoms with Crippen LogP contribution in [0.4, 0.5) is 0 Å². The second-order valence-electron chi connectivity index (χ2n) is 3.29. The van der Waals surface area contributed by atoms with E-state index in [1.165, 1.54) is 6.92 Å². The summed E-state index contributed by atoms with van der Waals surface area (Å²) in [6.07, 6.45) is 0.282. The SMILES string of the molecule is CC1(O)CC2=C(COCO2)C1=O. The third-order valence-corrected chi connectivity index (χ3v) is 2.17. The van der Waals surface area contributed by atoms with Gasteiger partial charge in [0.15, 0.2) is 12.6 Å². The third kappa shape index (κ3) is 0.956. The van der Waals surface area contributed by atoms with E-state index in [0.29, 0.717) is 11.3 Å². The largest absolute Gasteiger partial charge is 0.471 e. The minimum atomic E-state index is -1.28. The molecule has 0 radical (unpaired) electrons. The minimum absolute atomic E-state index is 0.183. The highest BCUT2D eigenvalue weighted by molar-refractivity contribution is 6.04. The summed E-state index contributed by atoms with van der Waals surface area (Å²) in [7, 11) is 0. The molecule has 1 aliphatic carbocycles. The number of ether oxygens (including phenoxy) is 2. The van der Waals surface area contributed by atoms with Crippen LogP contribution in [0.3, 0.4) is 0 Å². The maximum atomic E-state index is 11.4. The molecule has 0 bridgehead atoms. The summed E-state index contributed by atoms with van der Waals surface area (Å²) in [6.45, 7) is 1.95. The van der Waals surface area contributed by atoms with Crippen LogP contribution >= 0.6 is 0 Å². The lowest BCUT2D eigenvalue weighted by Crippen LogP contribution is -2.31. The molecule has 1 aliphatic heterocycles. The van der Waals surface area contributed by atoms with Gasteiger partial charge in [-0.3, -0.25) is 4.79 Å². The fourth-order valence-corrected chi connectivity index (χ4v) is 1.49. The van der Waals surface area contributed by atoms with Crippen molar-refractivity contribution in [3.8, 4) is 0 Å². The van der Waals surface area contributed by atoms with E-state index in [-0.39, 0.29) is 25.6 Å². The monoisotopic (exact) mass is 170 g/mol. The molecule has 4 nitrogen and oxygen atoms in total. The molecule has 0 saturated carbocycles. The molecular weight excluding hydrogens is 160 g/mol. The predicted molar refractivity (Wildman–Crippen MR) is 39.2 cm³/mol. The van der Waals surface area contributed by atoms with Gasteiger partial charge in [-0.05, 0) is 6.92 Å². The second-order valence-corrected chi connectivity index (χ2v) is 3.29. The molecule has 12 heavy (non-hydrogen) atoms. The molecule has 1 atom stereocenters. The van der Waals surface area contributed by atoms with E-state index in [1.807, 2.05) is 0 Å². The fourth-order valence-electron chi connectivity index (χ4n) is 1.49. The van der Waals surface area contributed by atoms with Crippen molar-refractivity contribution in [2.45, 2.75) is 18.9 Å². The Morgan fingerprint density at radius 2 is 2.33 bits per heavy atom. The predicted octanol–water partition coefficient (Wildman–Crippen LogP) is -0.0314. The van der Waals surface area contributed by atoms with Crippen LogP contribution in [0.1, 0.15) is 13.3 Å². The van der Waals surface area contributed by atoms with Gasteiger partial charge in [0, 0.05) is 6.42 Å². The van der Waals surface area contributed by atoms with E-state index in [2.05, 4.69) is 0 Å². The average Bonchev–Trinajstić information content (AvgIpc) is 2.24. The number of hydrogen-bond acceptors (Lipinski definition) is 4. The highest BCUT2D eigenvalue weighted by Crippen LogP contribution is 2.33. The molecule has 1 heterocycles. The van der Waals surface area contributed by atoms with Crippen molar-refractivity contribution in [3.05, 3.63) is 11.3 Å². The summed E-state index contributed by atoms with van der Waals surface area (Å²) >= 11 is 0. The van der Waals surface area contributed by atoms with Crippen molar-refractivity contribution >= 4 is 5.78 Å². The van der Waals surface area contributed by atoms with Gasteiger partial charge in [0.25, 0.3) is 0 Å². The molecule has 0 aromatic rings. The molecule has 0 spiro atoms. The van der Waals surface area contributed by atoms with Crippen LogP contribution in [0.5, 0.6) is 0 Å². The van der Waals surface area contributed by atoms with Gasteiger partial charge in [-0.2, -0.15) is 0 Å². The maximum absolute atomic E-state index is 11.4. The Kier molecular flexibility index (Phi) is 1.49. The van der Waals surface area contributed by atoms with E-state index >= 15 is 0 Å². The summed E-state index contributed by atoms with van der Waals surface area (Å²) in [5, 5.41) is 9.57. The summed E-state index contributed by atoms with van der Waals surface area (Å²) in [4.78, 5) is 11.4. The number of carbonyl (C=O) groups excluding carboxylic acids is 1. The van der Waals surface area contributed by atoms with E-state index in [0.717, 1.165) is 0 Å². The molecule has 0 amide bonds. The van der Waals surface area contributed by atoms with E-state index in [1.54, 1.807) is 0 Å². The van der Waals surface area contributed by atoms with Crippen LogP contribution in [-0.2, 0) is 14.3 Å². The molecule has 66 valence electrons. The molecule has 2 rings (SSSR count). The molecule has 1 N–H and O–H groups in total. The molecule has 4 heteroatoms. The van der Waals surface area contributed by atoms with Gasteiger partial charge in [0.05, 0.1) is 12.2 Å². The first-order valence-corrected chi connectivity index (χ1v) is 3.81. The average molecular weight is 170 g/mol. The van der Waals surface area contributed by atoms with Crippen molar-refractivity contribution in [3.63, 3.8) is 0 Å². The van der Waals surface area contributed by atoms with Crippen LogP contribution in [0, 0.1) is 0 Å². The highest BCUT2D eigenvalue weighted by atomic mass is 16.7. The molecule has 0 aromatic heterocycles. The van der Waals surface area contributed by atoms with Gasteiger partial charge in [0.2, 0.25) is 0 Å². The number of carbonyl (C=O) groups is 1. The first-order chi connectivity index (χ1) is 5.61. The number of ketones is 1. The van der Waals surface area contributed by atoms with Crippen LogP contribution < -0.4 is 0 Å². The van der Waals surface area contributed by atoms with Gasteiger partial charge < -0.3 is 14.6 Å². The molecule has 0 aromatic carbocycles. The normalized spacial score (nSPS) is 35.0. The van der Waals surface area contributed by atoms with E-state index < -0.39 is 5.60 Å². The Morgan fingerprint density at radius 1 is 1.58 bits per heavy atom. The third-order valence-electron chi connectivity index (χ3n) is 2.17. The minimum Gasteiger partial charge on any atom is -0.471 e. The molecule has 1 unspecified atom stereocenters. The zero-order valence-corrected chi connectivity index (χ0v) is 6.79. The Morgan fingerprint density at radius 3 is 3.00 bits per heavy atom. The number of rotatable bonds is 0. The van der Waals surface area contributed by atoms with Crippen LogP contribution in [0.15, 0.2) is 11.3 Å². The van der Waals surface area contributed by atoms with Crippen molar-refractivity contribution in [2.75, 3.05) is 13.4 Å². The first-order valence-electron chi connectivity index (χ1n) is 3.81. The smallest absolute Gasteiger partial charge is 0.196 e. The lowest BCUT2D eigenvalue weighted by atomic mass is 10.0. The van der Waals surface area contributed by atoms with Gasteiger partial charge in [-0.1, -0.05) is 0 Å². The Bertz CT molecular complexity index is 264. The highest BCUT2D eigenvalue weighted by Gasteiger charge is 2.43. The van der Waals surface area contributed by atoms with E-state index in [9.17, 15) is 9.90 Å². The van der Waals surface area contributed by atoms with Gasteiger partial charge in [-0.25, -0.2) is 0 Å². The van der Waals surface area contributed by atoms with Gasteiger partial charge in [-0.15, -0.1) is 0 Å². The van der Waals surface area contributed by atoms with E-state index in [4.69, 9.17) is 9.47 Å². The van der Waals surface area contributed by atoms with Crippen LogP contribution in [0.25, 0.3) is 0 Å². The Hall–Kier alpha value is -0.870. The molecule has 2 aliphatic rings. The topological polar surface area (TPSA) is 55.8 Å². The molecular formula is C8H10O4. The summed E-state index contributed by atoms with van der Waals surface area (Å²) in [5.74, 6) is 0.327. The van der Waals surface area contributed by atoms with Gasteiger partial charge in [0.1, 0.15) is 11.4 Å². The number of aliphatic hydroxyl groups is 1. The quantitative estimate of drug-likeness (QED) is 0.554. The van der Waals surface area contributed by atoms with Crippen LogP contribution in [-0.4, -0.2) is 29.9 Å². The molecule has 0 saturated heterocycles. The zero-order valence-electron chi connectivity index (χ0n) is 6.79. The standard InChI is InChI=1S/C8H10O4/c1-8(10)2-6-5(7(8)9)3-11-4-12-6/h10H,2-4H2,1H3. The summed E-state index contributed by atoms with van der Waals surface area (Å²) < 4.78 is 10.0. The lowest BCUT2D eigenvalue weighted by Gasteiger charge is -2.14. The molecule has 0 fully saturated rings. The maximum Gasteiger partial charge on any atom is 0.196 e. The summed E-state index contributed by atoms with van der Waals surface area (Å²) in [5.41, 5.74) is -0.788. The number of hydrogen-bond donors (Lipinski definition) is 1. The second kappa shape index (κ2) is 2.31. The van der Waals surface area contributed by atoms with Crippen molar-refractivity contribution < 1.29 is 19.4 Å². The Balaban J connectivity index is 2.32. The van der Waals surface area contributed by atoms with Crippen molar-refractivity contribution in [2.24, 2.45) is 0 Å². The van der Waals surface area contributed by atoms with Crippen molar-refractivity contribution in [1.29, 1.82) is 0 Å². The first kappa shape index (κ1) is 7.76. The van der Waals surface area contributed by atoms with Crippen molar-refractivity contribution in [1.82, 2.24) is 0 Å². The number of Topliss-reactive ketones (excluding diaryl/α,β-unsaturated/α-hetero) is 1. The van der Waals surface area contributed by atoms with Gasteiger partial charge >= 0.3 is 0 Å². The zero-order chi connectivity index (χ0) is 8.77. The Labute approximate surface area is 69.8 Å². The van der Waals surface area contributed by atoms with Crippen LogP contribution in [0.2, 0.25) is 0 Å². The lowest BCUT2D eigenvalue weighted by molar-refractivity contribution is -0.130.